The fourth-order valence-corrected chi connectivity index (χ4v) is 2.91. The lowest BCUT2D eigenvalue weighted by Gasteiger charge is -2.23. The summed E-state index contributed by atoms with van der Waals surface area (Å²) < 4.78 is 25.2. The molecule has 116 valence electrons. The summed E-state index contributed by atoms with van der Waals surface area (Å²) >= 11 is 0. The Morgan fingerprint density at radius 1 is 1.24 bits per heavy atom. The van der Waals surface area contributed by atoms with Crippen molar-refractivity contribution < 1.29 is 28.2 Å². The maximum absolute atomic E-state index is 12.1. The smallest absolute Gasteiger partial charge is 0.335 e. The first kappa shape index (κ1) is 17.0. The molecule has 0 aromatic heterocycles. The molecule has 8 heteroatoms. The number of benzene rings is 1. The number of aliphatic carboxylic acids is 1. The molecule has 1 aromatic carbocycles. The predicted octanol–water partition coefficient (Wildman–Crippen LogP) is 1.41. The fraction of sp³-hybridized carbons (Fsp3) is 0.385. The third-order valence-corrected chi connectivity index (χ3v) is 4.63. The molecular weight excluding hydrogens is 298 g/mol. The van der Waals surface area contributed by atoms with Crippen LogP contribution in [0.5, 0.6) is 0 Å². The molecule has 0 aliphatic heterocycles. The summed E-state index contributed by atoms with van der Waals surface area (Å²) in [6.07, 6.45) is -0.0137. The van der Waals surface area contributed by atoms with Crippen LogP contribution in [0.15, 0.2) is 24.3 Å². The number of sulfonamides is 1. The highest BCUT2D eigenvalue weighted by atomic mass is 32.2. The number of carbonyl (C=O) groups is 2. The molecule has 0 radical (unpaired) electrons. The maximum atomic E-state index is 12.1. The van der Waals surface area contributed by atoms with Gasteiger partial charge in [-0.25, -0.2) is 13.2 Å². The van der Waals surface area contributed by atoms with Crippen LogP contribution in [0.25, 0.3) is 0 Å². The van der Waals surface area contributed by atoms with Gasteiger partial charge >= 0.3 is 11.9 Å². The molecule has 0 amide bonds. The number of nitrogens with zero attached hydrogens (tertiary/aromatic N) is 1. The van der Waals surface area contributed by atoms with E-state index in [0.717, 1.165) is 4.31 Å². The van der Waals surface area contributed by atoms with Crippen LogP contribution in [0.3, 0.4) is 0 Å². The summed E-state index contributed by atoms with van der Waals surface area (Å²) in [6.45, 7) is 1.46. The van der Waals surface area contributed by atoms with E-state index < -0.39 is 22.0 Å². The first-order valence-electron chi connectivity index (χ1n) is 6.33. The van der Waals surface area contributed by atoms with Gasteiger partial charge < -0.3 is 10.2 Å². The van der Waals surface area contributed by atoms with E-state index >= 15 is 0 Å². The normalized spacial score (nSPS) is 11.1. The molecule has 0 unspecified atom stereocenters. The average Bonchev–Trinajstić information content (AvgIpc) is 2.43. The van der Waals surface area contributed by atoms with Crippen LogP contribution in [-0.4, -0.2) is 42.9 Å². The highest BCUT2D eigenvalue weighted by molar-refractivity contribution is 7.92. The van der Waals surface area contributed by atoms with E-state index in [1.807, 2.05) is 0 Å². The Hall–Kier alpha value is -2.09. The fourth-order valence-electron chi connectivity index (χ4n) is 1.75. The summed E-state index contributed by atoms with van der Waals surface area (Å²) in [5, 5.41) is 17.6. The van der Waals surface area contributed by atoms with Crippen molar-refractivity contribution >= 4 is 27.6 Å². The average molecular weight is 315 g/mol. The zero-order valence-corrected chi connectivity index (χ0v) is 12.3. The highest BCUT2D eigenvalue weighted by Crippen LogP contribution is 2.21. The first-order chi connectivity index (χ1) is 9.77. The molecule has 21 heavy (non-hydrogen) atoms. The third-order valence-electron chi connectivity index (χ3n) is 2.83. The zero-order chi connectivity index (χ0) is 16.0. The minimum atomic E-state index is -3.61. The molecule has 7 nitrogen and oxygen atoms in total. The number of carboxylic acids is 2. The number of rotatable bonds is 8. The molecule has 0 bridgehead atoms. The molecule has 1 rings (SSSR count). The van der Waals surface area contributed by atoms with Gasteiger partial charge in [0.05, 0.1) is 17.0 Å². The molecule has 0 spiro atoms. The van der Waals surface area contributed by atoms with E-state index in [2.05, 4.69) is 0 Å². The number of hydrogen-bond acceptors (Lipinski definition) is 4. The van der Waals surface area contributed by atoms with Crippen molar-refractivity contribution in [2.45, 2.75) is 19.8 Å². The molecular formula is C13H17NO6S. The van der Waals surface area contributed by atoms with Crippen LogP contribution >= 0.6 is 0 Å². The lowest BCUT2D eigenvalue weighted by atomic mass is 10.2. The quantitative estimate of drug-likeness (QED) is 0.750. The van der Waals surface area contributed by atoms with Crippen LogP contribution in [0.1, 0.15) is 30.1 Å². The minimum Gasteiger partial charge on any atom is -0.481 e. The number of anilines is 1. The van der Waals surface area contributed by atoms with Gasteiger partial charge in [-0.05, 0) is 31.5 Å². The second-order valence-corrected chi connectivity index (χ2v) is 6.51. The molecule has 0 aliphatic carbocycles. The topological polar surface area (TPSA) is 112 Å². The van der Waals surface area contributed by atoms with Crippen LogP contribution in [0.2, 0.25) is 0 Å². The molecule has 2 N–H and O–H groups in total. The molecule has 0 aliphatic rings. The van der Waals surface area contributed by atoms with Crippen LogP contribution in [-0.2, 0) is 14.8 Å². The van der Waals surface area contributed by atoms with Gasteiger partial charge in [0.25, 0.3) is 0 Å². The van der Waals surface area contributed by atoms with Crippen molar-refractivity contribution in [3.63, 3.8) is 0 Å². The van der Waals surface area contributed by atoms with E-state index in [1.165, 1.54) is 31.2 Å². The Morgan fingerprint density at radius 2 is 1.90 bits per heavy atom. The lowest BCUT2D eigenvalue weighted by Crippen LogP contribution is -2.33. The lowest BCUT2D eigenvalue weighted by molar-refractivity contribution is -0.137. The summed E-state index contributed by atoms with van der Waals surface area (Å²) in [7, 11) is -3.61. The van der Waals surface area contributed by atoms with Crippen LogP contribution in [0, 0.1) is 0 Å². The van der Waals surface area contributed by atoms with E-state index in [4.69, 9.17) is 10.2 Å². The van der Waals surface area contributed by atoms with Crippen LogP contribution < -0.4 is 4.31 Å². The van der Waals surface area contributed by atoms with Crippen molar-refractivity contribution in [1.29, 1.82) is 0 Å². The van der Waals surface area contributed by atoms with E-state index in [1.54, 1.807) is 0 Å². The molecule has 0 heterocycles. The zero-order valence-electron chi connectivity index (χ0n) is 11.5. The summed E-state index contributed by atoms with van der Waals surface area (Å²) in [6, 6.07) is 5.56. The third kappa shape index (κ3) is 4.75. The van der Waals surface area contributed by atoms with Crippen LogP contribution in [0.4, 0.5) is 5.69 Å². The second-order valence-electron chi connectivity index (χ2n) is 4.33. The Bertz CT molecular complexity index is 625. The Kier molecular flexibility index (Phi) is 5.71. The van der Waals surface area contributed by atoms with Gasteiger partial charge in [-0.3, -0.25) is 9.10 Å². The number of hydrogen-bond donors (Lipinski definition) is 2. The SMILES string of the molecule is CCS(=O)(=O)N(CCCC(=O)O)c1cccc(C(=O)O)c1. The minimum absolute atomic E-state index is 0.00839. The van der Waals surface area contributed by atoms with Gasteiger partial charge in [-0.1, -0.05) is 6.07 Å². The Labute approximate surface area is 122 Å². The van der Waals surface area contributed by atoms with Crippen molar-refractivity contribution in [1.82, 2.24) is 0 Å². The summed E-state index contributed by atoms with van der Waals surface area (Å²) in [5.41, 5.74) is 0.198. The molecule has 0 saturated heterocycles. The van der Waals surface area contributed by atoms with Gasteiger partial charge in [0.1, 0.15) is 0 Å². The molecule has 0 fully saturated rings. The van der Waals surface area contributed by atoms with Crippen molar-refractivity contribution in [3.8, 4) is 0 Å². The van der Waals surface area contributed by atoms with Crippen molar-refractivity contribution in [2.75, 3.05) is 16.6 Å². The number of carboxylic acid groups (broad SMARTS) is 2. The molecule has 0 saturated carbocycles. The van der Waals surface area contributed by atoms with Gasteiger partial charge in [-0.15, -0.1) is 0 Å². The predicted molar refractivity (Wildman–Crippen MR) is 77.1 cm³/mol. The summed E-state index contributed by atoms with van der Waals surface area (Å²) in [4.78, 5) is 21.5. The van der Waals surface area contributed by atoms with Gasteiger partial charge in [0.15, 0.2) is 0 Å². The maximum Gasteiger partial charge on any atom is 0.335 e. The van der Waals surface area contributed by atoms with Gasteiger partial charge in [-0.2, -0.15) is 0 Å². The summed E-state index contributed by atoms with van der Waals surface area (Å²) in [5.74, 6) is -2.32. The Balaban J connectivity index is 3.09. The van der Waals surface area contributed by atoms with E-state index in [0.29, 0.717) is 0 Å². The van der Waals surface area contributed by atoms with E-state index in [-0.39, 0.29) is 36.4 Å². The van der Waals surface area contributed by atoms with Crippen molar-refractivity contribution in [2.24, 2.45) is 0 Å². The van der Waals surface area contributed by atoms with Gasteiger partial charge in [0, 0.05) is 13.0 Å². The standard InChI is InChI=1S/C13H17NO6S/c1-2-21(19,20)14(8-4-7-12(15)16)11-6-3-5-10(9-11)13(17)18/h3,5-6,9H,2,4,7-8H2,1H3,(H,15,16)(H,17,18). The first-order valence-corrected chi connectivity index (χ1v) is 7.94. The number of aromatic carboxylic acids is 1. The van der Waals surface area contributed by atoms with Crippen molar-refractivity contribution in [3.05, 3.63) is 29.8 Å². The molecule has 1 aromatic rings. The highest BCUT2D eigenvalue weighted by Gasteiger charge is 2.21. The Morgan fingerprint density at radius 3 is 2.43 bits per heavy atom. The largest absolute Gasteiger partial charge is 0.481 e. The monoisotopic (exact) mass is 315 g/mol. The van der Waals surface area contributed by atoms with Gasteiger partial charge in [0.2, 0.25) is 10.0 Å². The molecule has 0 atom stereocenters. The van der Waals surface area contributed by atoms with E-state index in [9.17, 15) is 18.0 Å². The second kappa shape index (κ2) is 7.07.